The first-order valence-electron chi connectivity index (χ1n) is 7.06. The minimum Gasteiger partial charge on any atom is -0.371 e. The maximum absolute atomic E-state index is 11.1. The molecule has 20 heavy (non-hydrogen) atoms. The summed E-state index contributed by atoms with van der Waals surface area (Å²) < 4.78 is 1.07. The summed E-state index contributed by atoms with van der Waals surface area (Å²) in [5.41, 5.74) is 2.23. The minimum absolute atomic E-state index is 0.868. The second-order valence-corrected chi connectivity index (χ2v) is 7.02. The molecule has 0 aromatic heterocycles. The highest BCUT2D eigenvalue weighted by Crippen LogP contribution is 2.39. The second-order valence-electron chi connectivity index (χ2n) is 5.03. The van der Waals surface area contributed by atoms with Crippen LogP contribution in [0, 0.1) is 0 Å². The van der Waals surface area contributed by atoms with E-state index in [2.05, 4.69) is 39.9 Å². The number of benzene rings is 1. The molecule has 0 bridgehead atoms. The van der Waals surface area contributed by atoms with E-state index in [1.165, 1.54) is 23.4 Å². The van der Waals surface area contributed by atoms with E-state index in [0.29, 0.717) is 0 Å². The molecule has 1 heterocycles. The first kappa shape index (κ1) is 15.7. The van der Waals surface area contributed by atoms with Gasteiger partial charge in [-0.05, 0) is 53.1 Å². The number of anilines is 2. The van der Waals surface area contributed by atoms with E-state index >= 15 is 0 Å². The van der Waals surface area contributed by atoms with Crippen LogP contribution in [0.3, 0.4) is 0 Å². The third-order valence-electron chi connectivity index (χ3n) is 3.47. The van der Waals surface area contributed by atoms with Crippen LogP contribution in [0.2, 0.25) is 0 Å². The Labute approximate surface area is 133 Å². The molecule has 0 radical (unpaired) electrons. The number of thioether (sulfide) groups is 1. The van der Waals surface area contributed by atoms with E-state index in [1.54, 1.807) is 11.9 Å². The largest absolute Gasteiger partial charge is 0.371 e. The van der Waals surface area contributed by atoms with Gasteiger partial charge in [-0.3, -0.25) is 4.79 Å². The van der Waals surface area contributed by atoms with E-state index in [4.69, 9.17) is 0 Å². The lowest BCUT2D eigenvalue weighted by atomic mass is 10.2. The van der Waals surface area contributed by atoms with Crippen LogP contribution >= 0.6 is 27.7 Å². The average molecular weight is 357 g/mol. The smallest absolute Gasteiger partial charge is 0.213 e. The Morgan fingerprint density at radius 1 is 1.40 bits per heavy atom. The van der Waals surface area contributed by atoms with Gasteiger partial charge in [0.05, 0.1) is 11.4 Å². The number of nitrogens with zero attached hydrogens (tertiary/aromatic N) is 2. The topological polar surface area (TPSA) is 23.6 Å². The van der Waals surface area contributed by atoms with Crippen molar-refractivity contribution < 1.29 is 4.79 Å². The molecule has 1 fully saturated rings. The van der Waals surface area contributed by atoms with Crippen LogP contribution in [0.4, 0.5) is 11.4 Å². The lowest BCUT2D eigenvalue weighted by Crippen LogP contribution is -2.19. The number of hydrogen-bond acceptors (Lipinski definition) is 3. The van der Waals surface area contributed by atoms with Gasteiger partial charge in [0.25, 0.3) is 0 Å². The van der Waals surface area contributed by atoms with E-state index in [0.717, 1.165) is 41.8 Å². The summed E-state index contributed by atoms with van der Waals surface area (Å²) in [6, 6.07) is 4.30. The zero-order valence-corrected chi connectivity index (χ0v) is 14.5. The lowest BCUT2D eigenvalue weighted by Gasteiger charge is -2.23. The summed E-state index contributed by atoms with van der Waals surface area (Å²) in [4.78, 5) is 16.3. The average Bonchev–Trinajstić information content (AvgIpc) is 2.98. The first-order valence-corrected chi connectivity index (χ1v) is 8.84. The monoisotopic (exact) mass is 356 g/mol. The third kappa shape index (κ3) is 3.50. The minimum atomic E-state index is 0.868. The Morgan fingerprint density at radius 2 is 2.10 bits per heavy atom. The zero-order chi connectivity index (χ0) is 14.5. The predicted octanol–water partition coefficient (Wildman–Crippen LogP) is 4.14. The van der Waals surface area contributed by atoms with Crippen molar-refractivity contribution in [1.29, 1.82) is 0 Å². The Bertz CT molecular complexity index is 475. The van der Waals surface area contributed by atoms with Crippen LogP contribution < -0.4 is 9.80 Å². The summed E-state index contributed by atoms with van der Waals surface area (Å²) >= 11 is 5.49. The first-order chi connectivity index (χ1) is 9.67. The number of amides is 1. The number of carbonyl (C=O) groups excluding carboxylic acids is 1. The van der Waals surface area contributed by atoms with Crippen molar-refractivity contribution >= 4 is 45.5 Å². The van der Waals surface area contributed by atoms with Crippen LogP contribution in [0.5, 0.6) is 0 Å². The van der Waals surface area contributed by atoms with Gasteiger partial charge in [0.1, 0.15) is 0 Å². The van der Waals surface area contributed by atoms with Crippen molar-refractivity contribution in [2.45, 2.75) is 31.1 Å². The van der Waals surface area contributed by atoms with Crippen molar-refractivity contribution in [3.8, 4) is 0 Å². The lowest BCUT2D eigenvalue weighted by molar-refractivity contribution is -0.107. The van der Waals surface area contributed by atoms with E-state index < -0.39 is 0 Å². The molecule has 1 amide bonds. The van der Waals surface area contributed by atoms with Crippen LogP contribution in [-0.2, 0) is 4.79 Å². The van der Waals surface area contributed by atoms with Gasteiger partial charge in [0, 0.05) is 29.5 Å². The molecule has 1 aromatic carbocycles. The van der Waals surface area contributed by atoms with Gasteiger partial charge in [0.15, 0.2) is 0 Å². The molecule has 0 unspecified atom stereocenters. The summed E-state index contributed by atoms with van der Waals surface area (Å²) in [7, 11) is 1.81. The number of rotatable bonds is 6. The predicted molar refractivity (Wildman–Crippen MR) is 91.1 cm³/mol. The fraction of sp³-hybridized carbons (Fsp3) is 0.533. The van der Waals surface area contributed by atoms with Crippen LogP contribution in [0.25, 0.3) is 0 Å². The van der Waals surface area contributed by atoms with Gasteiger partial charge in [-0.15, -0.1) is 11.8 Å². The summed E-state index contributed by atoms with van der Waals surface area (Å²) in [5.74, 6) is 1.07. The van der Waals surface area contributed by atoms with Crippen molar-refractivity contribution in [3.63, 3.8) is 0 Å². The molecule has 2 rings (SSSR count). The van der Waals surface area contributed by atoms with Crippen LogP contribution in [0.1, 0.15) is 26.2 Å². The highest BCUT2D eigenvalue weighted by Gasteiger charge is 2.18. The molecule has 1 aliphatic rings. The Hall–Kier alpha value is -0.680. The normalized spacial score (nSPS) is 14.7. The van der Waals surface area contributed by atoms with E-state index in [1.807, 2.05) is 11.8 Å². The Morgan fingerprint density at radius 3 is 2.70 bits per heavy atom. The van der Waals surface area contributed by atoms with Gasteiger partial charge in [-0.1, -0.05) is 6.92 Å². The molecule has 1 saturated heterocycles. The maximum Gasteiger partial charge on any atom is 0.213 e. The quantitative estimate of drug-likeness (QED) is 0.565. The van der Waals surface area contributed by atoms with Gasteiger partial charge >= 0.3 is 0 Å². The molecular weight excluding hydrogens is 336 g/mol. The number of carbonyl (C=O) groups is 1. The number of hydrogen-bond donors (Lipinski definition) is 0. The molecule has 5 heteroatoms. The third-order valence-corrected chi connectivity index (χ3v) is 5.36. The van der Waals surface area contributed by atoms with Crippen molar-refractivity contribution in [3.05, 3.63) is 16.6 Å². The highest BCUT2D eigenvalue weighted by atomic mass is 79.9. The highest BCUT2D eigenvalue weighted by molar-refractivity contribution is 9.10. The van der Waals surface area contributed by atoms with Crippen LogP contribution in [0.15, 0.2) is 21.5 Å². The molecular formula is C15H21BrN2OS. The van der Waals surface area contributed by atoms with Crippen molar-refractivity contribution in [1.82, 2.24) is 0 Å². The van der Waals surface area contributed by atoms with E-state index in [-0.39, 0.29) is 0 Å². The molecule has 1 aromatic rings. The summed E-state index contributed by atoms with van der Waals surface area (Å²) in [5, 5.41) is 0. The van der Waals surface area contributed by atoms with Gasteiger partial charge in [0.2, 0.25) is 6.41 Å². The molecule has 1 aliphatic heterocycles. The molecule has 0 aliphatic carbocycles. The molecule has 0 atom stereocenters. The standard InChI is InChI=1S/C15H21BrN2OS/c1-3-8-20-15-10-13(18-6-4-5-7-18)12(16)9-14(15)17(2)11-19/h9-11H,3-8H2,1-2H3. The fourth-order valence-corrected chi connectivity index (χ4v) is 3.94. The SMILES string of the molecule is CCCSc1cc(N2CCCC2)c(Br)cc1N(C)C=O. The zero-order valence-electron chi connectivity index (χ0n) is 12.1. The fourth-order valence-electron chi connectivity index (χ4n) is 2.39. The Balaban J connectivity index is 2.37. The Kier molecular flexibility index (Phi) is 5.78. The van der Waals surface area contributed by atoms with Crippen LogP contribution in [-0.4, -0.2) is 32.3 Å². The van der Waals surface area contributed by atoms with Gasteiger partial charge < -0.3 is 9.80 Å². The molecule has 110 valence electrons. The van der Waals surface area contributed by atoms with Gasteiger partial charge in [-0.2, -0.15) is 0 Å². The maximum atomic E-state index is 11.1. The molecule has 0 saturated carbocycles. The summed E-state index contributed by atoms with van der Waals surface area (Å²) in [6.07, 6.45) is 4.52. The molecule has 0 N–H and O–H groups in total. The van der Waals surface area contributed by atoms with Crippen molar-refractivity contribution in [2.24, 2.45) is 0 Å². The van der Waals surface area contributed by atoms with E-state index in [9.17, 15) is 4.79 Å². The number of halogens is 1. The molecule has 3 nitrogen and oxygen atoms in total. The summed E-state index contributed by atoms with van der Waals surface area (Å²) in [6.45, 7) is 4.43. The molecule has 0 spiro atoms. The second kappa shape index (κ2) is 7.36. The van der Waals surface area contributed by atoms with Gasteiger partial charge in [-0.25, -0.2) is 0 Å². The van der Waals surface area contributed by atoms with Crippen molar-refractivity contribution in [2.75, 3.05) is 35.7 Å².